The van der Waals surface area contributed by atoms with E-state index < -0.39 is 10.0 Å². The van der Waals surface area contributed by atoms with Gasteiger partial charge >= 0.3 is 0 Å². The maximum absolute atomic E-state index is 12.4. The third kappa shape index (κ3) is 3.21. The van der Waals surface area contributed by atoms with E-state index in [1.807, 2.05) is 12.1 Å². The van der Waals surface area contributed by atoms with Gasteiger partial charge in [0, 0.05) is 10.1 Å². The molecule has 0 spiro atoms. The number of fused-ring (bicyclic) bond motifs is 1. The van der Waals surface area contributed by atoms with Crippen molar-refractivity contribution in [3.63, 3.8) is 0 Å². The van der Waals surface area contributed by atoms with Crippen LogP contribution in [0.1, 0.15) is 11.1 Å². The second-order valence-electron chi connectivity index (χ2n) is 4.92. The second-order valence-corrected chi connectivity index (χ2v) is 7.90. The minimum atomic E-state index is -3.55. The fraction of sp³-hybridized carbons (Fsp3) is 0.200. The van der Waals surface area contributed by atoms with E-state index in [2.05, 4.69) is 27.3 Å². The molecule has 0 radical (unpaired) electrons. The molecule has 0 saturated heterocycles. The number of hydrogen-bond donors (Lipinski definition) is 1. The van der Waals surface area contributed by atoms with Crippen LogP contribution in [0.25, 0.3) is 0 Å². The first kappa shape index (κ1) is 15.6. The Kier molecular flexibility index (Phi) is 4.28. The van der Waals surface area contributed by atoms with Crippen LogP contribution in [0.2, 0.25) is 0 Å². The molecule has 1 aliphatic heterocycles. The summed E-state index contributed by atoms with van der Waals surface area (Å²) in [6.45, 7) is 2.19. The van der Waals surface area contributed by atoms with Crippen LogP contribution in [-0.2, 0) is 16.6 Å². The summed E-state index contributed by atoms with van der Waals surface area (Å²) in [4.78, 5) is 0.300. The molecule has 0 amide bonds. The molecule has 0 bridgehead atoms. The number of ether oxygens (including phenoxy) is 2. The number of benzene rings is 2. The predicted molar refractivity (Wildman–Crippen MR) is 90.5 cm³/mol. The van der Waals surface area contributed by atoms with Crippen LogP contribution in [0.15, 0.2) is 41.3 Å². The summed E-state index contributed by atoms with van der Waals surface area (Å²) in [6, 6.07) is 10.6. The van der Waals surface area contributed by atoms with Gasteiger partial charge in [0.1, 0.15) is 0 Å². The highest BCUT2D eigenvalue weighted by Crippen LogP contribution is 2.32. The molecular weight excluding hydrogens is 417 g/mol. The molecule has 3 rings (SSSR count). The van der Waals surface area contributed by atoms with Gasteiger partial charge < -0.3 is 9.47 Å². The van der Waals surface area contributed by atoms with Crippen LogP contribution in [0, 0.1) is 10.5 Å². The van der Waals surface area contributed by atoms with E-state index in [0.29, 0.717) is 16.4 Å². The van der Waals surface area contributed by atoms with Crippen molar-refractivity contribution in [2.45, 2.75) is 18.4 Å². The van der Waals surface area contributed by atoms with Gasteiger partial charge in [0.05, 0.1) is 4.90 Å². The van der Waals surface area contributed by atoms with Crippen LogP contribution in [-0.4, -0.2) is 15.2 Å². The highest BCUT2D eigenvalue weighted by Gasteiger charge is 2.18. The summed E-state index contributed by atoms with van der Waals surface area (Å²) in [6.07, 6.45) is 0. The number of aryl methyl sites for hydroxylation is 1. The van der Waals surface area contributed by atoms with Crippen LogP contribution in [0.4, 0.5) is 0 Å². The third-order valence-corrected chi connectivity index (χ3v) is 5.56. The molecule has 0 aromatic heterocycles. The molecule has 5 nitrogen and oxygen atoms in total. The number of sulfonamides is 1. The van der Waals surface area contributed by atoms with Crippen LogP contribution in [0.3, 0.4) is 0 Å². The molecule has 0 saturated carbocycles. The van der Waals surface area contributed by atoms with Crippen LogP contribution >= 0.6 is 22.6 Å². The molecular formula is C15H14INO4S. The Hall–Kier alpha value is -1.32. The number of nitrogens with one attached hydrogen (secondary N) is 1. The topological polar surface area (TPSA) is 64.6 Å². The van der Waals surface area contributed by atoms with Gasteiger partial charge in [-0.25, -0.2) is 13.1 Å². The van der Waals surface area contributed by atoms with Crippen molar-refractivity contribution < 1.29 is 17.9 Å². The Morgan fingerprint density at radius 1 is 1.14 bits per heavy atom. The minimum Gasteiger partial charge on any atom is -0.454 e. The molecule has 116 valence electrons. The maximum Gasteiger partial charge on any atom is 0.241 e. The molecule has 22 heavy (non-hydrogen) atoms. The lowest BCUT2D eigenvalue weighted by molar-refractivity contribution is 0.174. The zero-order valence-electron chi connectivity index (χ0n) is 11.8. The first-order valence-corrected chi connectivity index (χ1v) is 9.16. The lowest BCUT2D eigenvalue weighted by Crippen LogP contribution is -2.24. The highest BCUT2D eigenvalue weighted by molar-refractivity contribution is 14.1. The number of halogens is 1. The molecule has 0 unspecified atom stereocenters. The van der Waals surface area contributed by atoms with Gasteiger partial charge in [0.25, 0.3) is 0 Å². The van der Waals surface area contributed by atoms with Crippen molar-refractivity contribution in [1.29, 1.82) is 0 Å². The summed E-state index contributed by atoms with van der Waals surface area (Å²) in [5.41, 5.74) is 1.54. The quantitative estimate of drug-likeness (QED) is 0.757. The number of rotatable bonds is 4. The van der Waals surface area contributed by atoms with E-state index >= 15 is 0 Å². The first-order chi connectivity index (χ1) is 10.5. The van der Waals surface area contributed by atoms with Gasteiger partial charge in [0.15, 0.2) is 11.5 Å². The molecule has 2 aromatic rings. The van der Waals surface area contributed by atoms with Crippen molar-refractivity contribution in [1.82, 2.24) is 4.72 Å². The zero-order valence-corrected chi connectivity index (χ0v) is 14.8. The van der Waals surface area contributed by atoms with E-state index in [1.165, 1.54) is 0 Å². The highest BCUT2D eigenvalue weighted by atomic mass is 127. The minimum absolute atomic E-state index is 0.199. The van der Waals surface area contributed by atoms with E-state index in [-0.39, 0.29) is 13.3 Å². The van der Waals surface area contributed by atoms with Crippen molar-refractivity contribution in [2.75, 3.05) is 6.79 Å². The van der Waals surface area contributed by atoms with Gasteiger partial charge in [-0.15, -0.1) is 0 Å². The lowest BCUT2D eigenvalue weighted by atomic mass is 10.2. The Bertz CT molecular complexity index is 820. The van der Waals surface area contributed by atoms with Crippen molar-refractivity contribution >= 4 is 32.6 Å². The van der Waals surface area contributed by atoms with Gasteiger partial charge in [-0.05, 0) is 71.0 Å². The smallest absolute Gasteiger partial charge is 0.241 e. The molecule has 2 aromatic carbocycles. The largest absolute Gasteiger partial charge is 0.454 e. The SMILES string of the molecule is Cc1cc(I)ccc1S(=O)(=O)NCc1ccc2c(c1)OCO2. The summed E-state index contributed by atoms with van der Waals surface area (Å²) >= 11 is 2.16. The van der Waals surface area contributed by atoms with E-state index in [0.717, 1.165) is 14.7 Å². The Labute approximate surface area is 142 Å². The van der Waals surface area contributed by atoms with Gasteiger partial charge in [0.2, 0.25) is 16.8 Å². The predicted octanol–water partition coefficient (Wildman–Crippen LogP) is 2.81. The number of hydrogen-bond acceptors (Lipinski definition) is 4. The summed E-state index contributed by atoms with van der Waals surface area (Å²) in [5, 5.41) is 0. The van der Waals surface area contributed by atoms with E-state index in [1.54, 1.807) is 31.2 Å². The van der Waals surface area contributed by atoms with E-state index in [9.17, 15) is 8.42 Å². The van der Waals surface area contributed by atoms with Crippen molar-refractivity contribution in [2.24, 2.45) is 0 Å². The summed E-state index contributed by atoms with van der Waals surface area (Å²) in [5.74, 6) is 1.32. The molecule has 0 fully saturated rings. The monoisotopic (exact) mass is 431 g/mol. The molecule has 1 N–H and O–H groups in total. The Morgan fingerprint density at radius 2 is 1.91 bits per heavy atom. The van der Waals surface area contributed by atoms with Gasteiger partial charge in [-0.2, -0.15) is 0 Å². The fourth-order valence-electron chi connectivity index (χ4n) is 2.22. The molecule has 1 heterocycles. The van der Waals surface area contributed by atoms with Crippen molar-refractivity contribution in [3.8, 4) is 11.5 Å². The first-order valence-electron chi connectivity index (χ1n) is 6.60. The standard InChI is InChI=1S/C15H14INO4S/c1-10-6-12(16)3-5-15(10)22(18,19)17-8-11-2-4-13-14(7-11)21-9-20-13/h2-7,17H,8-9H2,1H3. The fourth-order valence-corrected chi connectivity index (χ4v) is 4.11. The lowest BCUT2D eigenvalue weighted by Gasteiger charge is -2.10. The summed E-state index contributed by atoms with van der Waals surface area (Å²) in [7, 11) is -3.55. The third-order valence-electron chi connectivity index (χ3n) is 3.33. The zero-order chi connectivity index (χ0) is 15.7. The van der Waals surface area contributed by atoms with E-state index in [4.69, 9.17) is 9.47 Å². The summed E-state index contributed by atoms with van der Waals surface area (Å²) < 4.78 is 38.9. The normalized spacial score (nSPS) is 13.4. The average molecular weight is 431 g/mol. The molecule has 0 atom stereocenters. The molecule has 1 aliphatic rings. The maximum atomic E-state index is 12.4. The Morgan fingerprint density at radius 3 is 2.68 bits per heavy atom. The average Bonchev–Trinajstić information content (AvgIpc) is 2.92. The Balaban J connectivity index is 1.77. The van der Waals surface area contributed by atoms with Crippen LogP contribution in [0.5, 0.6) is 11.5 Å². The second kappa shape index (κ2) is 6.05. The molecule has 7 heteroatoms. The molecule has 0 aliphatic carbocycles. The van der Waals surface area contributed by atoms with Gasteiger partial charge in [-0.1, -0.05) is 6.07 Å². The van der Waals surface area contributed by atoms with Crippen LogP contribution < -0.4 is 14.2 Å². The van der Waals surface area contributed by atoms with Gasteiger partial charge in [-0.3, -0.25) is 0 Å². The van der Waals surface area contributed by atoms with Crippen molar-refractivity contribution in [3.05, 3.63) is 51.1 Å².